The van der Waals surface area contributed by atoms with Crippen molar-refractivity contribution in [2.75, 3.05) is 28.1 Å². The summed E-state index contributed by atoms with van der Waals surface area (Å²) < 4.78 is 26.7. The number of Topliss-reactive ketones (excluding diaryl/α,β-unsaturated/α-hetero) is 1. The lowest BCUT2D eigenvalue weighted by molar-refractivity contribution is -0.0167. The van der Waals surface area contributed by atoms with E-state index in [9.17, 15) is 4.79 Å². The maximum Gasteiger partial charge on any atom is 0.203 e. The second-order valence-corrected chi connectivity index (χ2v) is 5.53. The molecule has 0 spiro atoms. The zero-order chi connectivity index (χ0) is 17.8. The van der Waals surface area contributed by atoms with Crippen LogP contribution in [0.2, 0.25) is 0 Å². The van der Waals surface area contributed by atoms with Crippen molar-refractivity contribution < 1.29 is 28.5 Å². The van der Waals surface area contributed by atoms with Gasteiger partial charge in [-0.3, -0.25) is 4.79 Å². The predicted molar refractivity (Wildman–Crippen MR) is 90.9 cm³/mol. The van der Waals surface area contributed by atoms with Gasteiger partial charge in [-0.05, 0) is 23.8 Å². The summed E-state index contributed by atoms with van der Waals surface area (Å²) in [6, 6.07) is 9.00. The van der Waals surface area contributed by atoms with E-state index in [1.807, 2.05) is 12.1 Å². The zero-order valence-corrected chi connectivity index (χ0v) is 14.5. The van der Waals surface area contributed by atoms with E-state index in [0.29, 0.717) is 35.2 Å². The van der Waals surface area contributed by atoms with Crippen LogP contribution in [0.15, 0.2) is 30.3 Å². The largest absolute Gasteiger partial charge is 0.493 e. The Labute approximate surface area is 146 Å². The van der Waals surface area contributed by atoms with E-state index in [0.717, 1.165) is 11.1 Å². The Hall–Kier alpha value is -2.73. The molecule has 1 heterocycles. The minimum Gasteiger partial charge on any atom is -0.493 e. The van der Waals surface area contributed by atoms with Crippen molar-refractivity contribution in [1.82, 2.24) is 0 Å². The van der Waals surface area contributed by atoms with Crippen molar-refractivity contribution in [1.29, 1.82) is 0 Å². The molecular weight excluding hydrogens is 324 g/mol. The number of hydrogen-bond donors (Lipinski definition) is 0. The predicted octanol–water partition coefficient (Wildman–Crippen LogP) is 3.00. The molecule has 2 aromatic rings. The Kier molecular flexibility index (Phi) is 5.09. The molecule has 0 fully saturated rings. The van der Waals surface area contributed by atoms with Crippen molar-refractivity contribution >= 4 is 5.78 Å². The highest BCUT2D eigenvalue weighted by Crippen LogP contribution is 2.38. The molecule has 0 amide bonds. The molecule has 25 heavy (non-hydrogen) atoms. The maximum absolute atomic E-state index is 12.8. The number of hydrogen-bond acceptors (Lipinski definition) is 6. The highest BCUT2D eigenvalue weighted by Gasteiger charge is 2.21. The monoisotopic (exact) mass is 344 g/mol. The van der Waals surface area contributed by atoms with Gasteiger partial charge in [0.2, 0.25) is 5.75 Å². The number of benzene rings is 2. The summed E-state index contributed by atoms with van der Waals surface area (Å²) in [6.07, 6.45) is 0.202. The van der Waals surface area contributed by atoms with Gasteiger partial charge in [-0.1, -0.05) is 12.1 Å². The third kappa shape index (κ3) is 3.39. The van der Waals surface area contributed by atoms with Crippen molar-refractivity contribution in [3.05, 3.63) is 47.0 Å². The van der Waals surface area contributed by atoms with E-state index in [1.54, 1.807) is 39.5 Å². The van der Waals surface area contributed by atoms with E-state index in [4.69, 9.17) is 23.7 Å². The van der Waals surface area contributed by atoms with Crippen molar-refractivity contribution in [3.8, 4) is 23.0 Å². The lowest BCUT2D eigenvalue weighted by Gasteiger charge is -2.20. The highest BCUT2D eigenvalue weighted by atomic mass is 16.7. The fourth-order valence-electron chi connectivity index (χ4n) is 2.88. The van der Waals surface area contributed by atoms with Crippen LogP contribution in [0.5, 0.6) is 23.0 Å². The molecule has 0 aromatic heterocycles. The van der Waals surface area contributed by atoms with Gasteiger partial charge in [0.05, 0.1) is 27.9 Å². The summed E-state index contributed by atoms with van der Waals surface area (Å²) in [5.74, 6) is 2.21. The summed E-state index contributed by atoms with van der Waals surface area (Å²) in [5.41, 5.74) is 2.16. The number of ketones is 1. The second-order valence-electron chi connectivity index (χ2n) is 5.53. The molecule has 0 radical (unpaired) electrons. The van der Waals surface area contributed by atoms with Crippen LogP contribution in [0.4, 0.5) is 0 Å². The van der Waals surface area contributed by atoms with Crippen molar-refractivity contribution in [2.24, 2.45) is 0 Å². The van der Waals surface area contributed by atoms with Crippen LogP contribution in [0.25, 0.3) is 0 Å². The topological polar surface area (TPSA) is 63.2 Å². The minimum absolute atomic E-state index is 0.0276. The maximum atomic E-state index is 12.8. The molecular formula is C19H20O6. The third-order valence-electron chi connectivity index (χ3n) is 4.07. The van der Waals surface area contributed by atoms with Gasteiger partial charge < -0.3 is 23.7 Å². The Morgan fingerprint density at radius 1 is 1.08 bits per heavy atom. The normalized spacial score (nSPS) is 12.8. The van der Waals surface area contributed by atoms with Crippen molar-refractivity contribution in [2.45, 2.75) is 13.0 Å². The molecule has 0 saturated heterocycles. The van der Waals surface area contributed by atoms with Gasteiger partial charge >= 0.3 is 0 Å². The van der Waals surface area contributed by atoms with E-state index in [2.05, 4.69) is 0 Å². The van der Waals surface area contributed by atoms with E-state index in [1.165, 1.54) is 0 Å². The third-order valence-corrected chi connectivity index (χ3v) is 4.07. The number of carbonyl (C=O) groups is 1. The summed E-state index contributed by atoms with van der Waals surface area (Å²) in [5, 5.41) is 0. The van der Waals surface area contributed by atoms with Crippen LogP contribution in [0, 0.1) is 0 Å². The van der Waals surface area contributed by atoms with Gasteiger partial charge in [0, 0.05) is 17.5 Å². The molecule has 0 saturated carbocycles. The van der Waals surface area contributed by atoms with Gasteiger partial charge in [-0.15, -0.1) is 0 Å². The first-order valence-electron chi connectivity index (χ1n) is 7.82. The average molecular weight is 344 g/mol. The number of carbonyl (C=O) groups excluding carboxylic acids is 1. The molecule has 0 atom stereocenters. The minimum atomic E-state index is -0.0276. The number of rotatable bonds is 6. The molecule has 6 nitrogen and oxygen atoms in total. The molecule has 1 aliphatic rings. The van der Waals surface area contributed by atoms with Gasteiger partial charge in [0.15, 0.2) is 24.1 Å². The first kappa shape index (κ1) is 17.1. The quantitative estimate of drug-likeness (QED) is 0.751. The Balaban J connectivity index is 1.91. The van der Waals surface area contributed by atoms with Crippen LogP contribution >= 0.6 is 0 Å². The standard InChI is InChI=1S/C19H20O6/c1-21-17-8-12(9-18(22-2)19(17)23-3)7-15(20)13-5-4-6-16-14(13)10-24-11-25-16/h4-6,8-9H,7,10-11H2,1-3H3. The van der Waals surface area contributed by atoms with Gasteiger partial charge in [-0.2, -0.15) is 0 Å². The van der Waals surface area contributed by atoms with E-state index < -0.39 is 0 Å². The lowest BCUT2D eigenvalue weighted by Crippen LogP contribution is -2.16. The van der Waals surface area contributed by atoms with Crippen LogP contribution in [0.1, 0.15) is 21.5 Å². The summed E-state index contributed by atoms with van der Waals surface area (Å²) >= 11 is 0. The van der Waals surface area contributed by atoms with Crippen LogP contribution in [0.3, 0.4) is 0 Å². The van der Waals surface area contributed by atoms with Crippen molar-refractivity contribution in [3.63, 3.8) is 0 Å². The summed E-state index contributed by atoms with van der Waals surface area (Å²) in [6.45, 7) is 0.573. The zero-order valence-electron chi connectivity index (χ0n) is 14.5. The number of methoxy groups -OCH3 is 3. The Bertz CT molecular complexity index is 758. The first-order valence-corrected chi connectivity index (χ1v) is 7.82. The molecule has 3 rings (SSSR count). The van der Waals surface area contributed by atoms with Crippen LogP contribution in [-0.4, -0.2) is 33.9 Å². The van der Waals surface area contributed by atoms with Gasteiger partial charge in [0.1, 0.15) is 5.75 Å². The molecule has 1 aliphatic heterocycles. The fraction of sp³-hybridized carbons (Fsp3) is 0.316. The van der Waals surface area contributed by atoms with Gasteiger partial charge in [0.25, 0.3) is 0 Å². The summed E-state index contributed by atoms with van der Waals surface area (Å²) in [4.78, 5) is 12.8. The van der Waals surface area contributed by atoms with Crippen LogP contribution in [-0.2, 0) is 17.8 Å². The molecule has 0 unspecified atom stereocenters. The first-order chi connectivity index (χ1) is 12.2. The highest BCUT2D eigenvalue weighted by molar-refractivity contribution is 5.99. The van der Waals surface area contributed by atoms with E-state index >= 15 is 0 Å². The van der Waals surface area contributed by atoms with Crippen LogP contribution < -0.4 is 18.9 Å². The Morgan fingerprint density at radius 2 is 1.80 bits per heavy atom. The smallest absolute Gasteiger partial charge is 0.203 e. The molecule has 6 heteroatoms. The molecule has 0 aliphatic carbocycles. The molecule has 132 valence electrons. The van der Waals surface area contributed by atoms with Gasteiger partial charge in [-0.25, -0.2) is 0 Å². The SMILES string of the molecule is COc1cc(CC(=O)c2cccc3c2COCO3)cc(OC)c1OC. The average Bonchev–Trinajstić information content (AvgIpc) is 2.66. The molecule has 0 bridgehead atoms. The van der Waals surface area contributed by atoms with E-state index in [-0.39, 0.29) is 19.0 Å². The summed E-state index contributed by atoms with van der Waals surface area (Å²) in [7, 11) is 4.64. The lowest BCUT2D eigenvalue weighted by atomic mass is 9.97. The molecule has 0 N–H and O–H groups in total. The molecule has 2 aromatic carbocycles. The Morgan fingerprint density at radius 3 is 2.44 bits per heavy atom. The number of ether oxygens (including phenoxy) is 5. The fourth-order valence-corrected chi connectivity index (χ4v) is 2.88. The number of fused-ring (bicyclic) bond motifs is 1. The second kappa shape index (κ2) is 7.44.